The summed E-state index contributed by atoms with van der Waals surface area (Å²) in [6.45, 7) is 16.0. The van der Waals surface area contributed by atoms with Gasteiger partial charge in [-0.25, -0.2) is 0 Å². The van der Waals surface area contributed by atoms with E-state index >= 15 is 0 Å². The first-order chi connectivity index (χ1) is 30.5. The number of carbonyl (C=O) groups is 6. The van der Waals surface area contributed by atoms with Crippen LogP contribution in [0.4, 0.5) is 0 Å². The van der Waals surface area contributed by atoms with Crippen LogP contribution in [0.3, 0.4) is 0 Å². The second-order valence-electron chi connectivity index (χ2n) is 19.0. The van der Waals surface area contributed by atoms with E-state index < -0.39 is 63.5 Å². The molecule has 0 spiro atoms. The summed E-state index contributed by atoms with van der Waals surface area (Å²) in [6, 6.07) is -0.811. The summed E-state index contributed by atoms with van der Waals surface area (Å²) < 4.78 is 31.2. The summed E-state index contributed by atoms with van der Waals surface area (Å²) >= 11 is 0. The normalized spacial score (nSPS) is 30.1. The number of aromatic nitrogens is 1. The van der Waals surface area contributed by atoms with Crippen molar-refractivity contribution in [3.8, 4) is 0 Å². The van der Waals surface area contributed by atoms with Crippen molar-refractivity contribution >= 4 is 64.6 Å². The van der Waals surface area contributed by atoms with E-state index in [1.807, 2.05) is 47.6 Å². The lowest BCUT2D eigenvalue weighted by Gasteiger charge is -2.48. The molecule has 0 aliphatic carbocycles. The molecule has 7 atom stereocenters. The standard InChI is InChI=1S/C49H68N4O12/c1-26-29(15-18-35(54)60-9)33-24-34-46(4,5)30(16-19-36(55)61-10)42(51-34)28(3)44-47(6,22-21-38(57)63-12)32(23-39(58)64-13)45(52-44)49(8)48(7,25-40(59)65-14)31(17-20-37(56)62-11)43(53-49)27(2)41(26)50-33/h24,30-32,45,50H,15-23,25H2,1-14H3/b33-24-,41-27-,42-28-/t30-,31-,32+,45-,47-,48+,49+/m1/s1. The molecule has 16 nitrogen and oxygen atoms in total. The minimum absolute atomic E-state index is 0.000505. The van der Waals surface area contributed by atoms with Crippen molar-refractivity contribution in [1.82, 2.24) is 4.98 Å². The number of aromatic amines is 1. The van der Waals surface area contributed by atoms with Crippen LogP contribution in [0, 0.1) is 40.9 Å². The van der Waals surface area contributed by atoms with Gasteiger partial charge in [0.2, 0.25) is 0 Å². The number of fused-ring (bicyclic) bond motifs is 6. The maximum atomic E-state index is 13.8. The zero-order valence-electron chi connectivity index (χ0n) is 40.7. The number of H-pyrrole nitrogens is 1. The first kappa shape index (κ1) is 50.6. The predicted octanol–water partition coefficient (Wildman–Crippen LogP) is 5.03. The quantitative estimate of drug-likeness (QED) is 0.171. The second kappa shape index (κ2) is 19.6. The van der Waals surface area contributed by atoms with Crippen LogP contribution in [-0.2, 0) is 63.6 Å². The topological polar surface area (TPSA) is 211 Å². The summed E-state index contributed by atoms with van der Waals surface area (Å²) in [5.74, 6) is -4.12. The van der Waals surface area contributed by atoms with Gasteiger partial charge in [0.1, 0.15) is 0 Å². The van der Waals surface area contributed by atoms with E-state index in [9.17, 15) is 28.8 Å². The van der Waals surface area contributed by atoms with Gasteiger partial charge < -0.3 is 33.4 Å². The molecule has 0 unspecified atom stereocenters. The number of hydrogen-bond acceptors (Lipinski definition) is 15. The number of esters is 6. The van der Waals surface area contributed by atoms with Gasteiger partial charge in [0.15, 0.2) is 0 Å². The molecule has 1 aromatic heterocycles. The third kappa shape index (κ3) is 9.23. The zero-order valence-corrected chi connectivity index (χ0v) is 40.7. The van der Waals surface area contributed by atoms with Gasteiger partial charge in [-0.05, 0) is 81.7 Å². The Balaban J connectivity index is 2.02. The number of methoxy groups -OCH3 is 6. The Morgan fingerprint density at radius 1 is 0.677 bits per heavy atom. The summed E-state index contributed by atoms with van der Waals surface area (Å²) in [5.41, 5.74) is 1.86. The molecule has 5 rings (SSSR count). The maximum absolute atomic E-state index is 13.8. The van der Waals surface area contributed by atoms with E-state index in [4.69, 9.17) is 43.4 Å². The van der Waals surface area contributed by atoms with Crippen LogP contribution in [0.5, 0.6) is 0 Å². The number of aliphatic imine (C=N–C) groups is 3. The molecule has 0 radical (unpaired) electrons. The number of carbonyl (C=O) groups excluding carboxylic acids is 6. The van der Waals surface area contributed by atoms with Gasteiger partial charge in [0.25, 0.3) is 0 Å². The lowest BCUT2D eigenvalue weighted by Crippen LogP contribution is -2.55. The molecule has 0 aromatic carbocycles. The van der Waals surface area contributed by atoms with Crippen molar-refractivity contribution in [3.05, 3.63) is 33.1 Å². The average Bonchev–Trinajstić information content (AvgIpc) is 3.91. The largest absolute Gasteiger partial charge is 0.469 e. The maximum Gasteiger partial charge on any atom is 0.306 e. The van der Waals surface area contributed by atoms with Gasteiger partial charge >= 0.3 is 35.8 Å². The van der Waals surface area contributed by atoms with Crippen LogP contribution in [0.2, 0.25) is 0 Å². The van der Waals surface area contributed by atoms with Crippen molar-refractivity contribution in [2.45, 2.75) is 131 Å². The fourth-order valence-electron chi connectivity index (χ4n) is 11.2. The average molecular weight is 905 g/mol. The predicted molar refractivity (Wildman–Crippen MR) is 243 cm³/mol. The van der Waals surface area contributed by atoms with Gasteiger partial charge in [0, 0.05) is 93.2 Å². The van der Waals surface area contributed by atoms with Crippen molar-refractivity contribution < 1.29 is 57.2 Å². The van der Waals surface area contributed by atoms with Gasteiger partial charge in [-0.1, -0.05) is 27.7 Å². The summed E-state index contributed by atoms with van der Waals surface area (Å²) in [7, 11) is 8.03. The molecular weight excluding hydrogens is 837 g/mol. The summed E-state index contributed by atoms with van der Waals surface area (Å²) in [5, 5.41) is 1.48. The summed E-state index contributed by atoms with van der Waals surface area (Å²) in [6.07, 6.45) is 3.22. The minimum Gasteiger partial charge on any atom is -0.469 e. The van der Waals surface area contributed by atoms with E-state index in [0.29, 0.717) is 30.0 Å². The molecule has 8 bridgehead atoms. The SMILES string of the molecule is COC(=O)CCc1c(C)/c2[nH]/c1=C\C1=NC(=C(/C)C3=N[C@H]([C@H](CC(=O)OC)[C@@]3(C)CCC(=O)OC)[C@]3(C)N=C(\C=2C)[C@@H](CCC(=O)OC)[C@]3(C)CC(=O)OC)/[C@@H](CCC(=O)OC)C1(C)C. The Morgan fingerprint density at radius 2 is 1.22 bits per heavy atom. The minimum atomic E-state index is -1.27. The van der Waals surface area contributed by atoms with Crippen molar-refractivity contribution in [2.75, 3.05) is 42.7 Å². The highest BCUT2D eigenvalue weighted by Crippen LogP contribution is 2.61. The summed E-state index contributed by atoms with van der Waals surface area (Å²) in [4.78, 5) is 99.6. The molecule has 4 aliphatic rings. The molecular formula is C49H68N4O12. The lowest BCUT2D eigenvalue weighted by molar-refractivity contribution is -0.147. The number of nitrogens with zero attached hydrogens (tertiary/aromatic N) is 3. The Kier molecular flexibility index (Phi) is 15.2. The van der Waals surface area contributed by atoms with Crippen LogP contribution < -0.4 is 10.7 Å². The van der Waals surface area contributed by atoms with E-state index in [0.717, 1.165) is 38.7 Å². The Morgan fingerprint density at radius 3 is 1.78 bits per heavy atom. The van der Waals surface area contributed by atoms with Gasteiger partial charge in [-0.2, -0.15) is 0 Å². The number of hydrogen-bond donors (Lipinski definition) is 1. The highest BCUT2D eigenvalue weighted by Gasteiger charge is 2.66. The number of ether oxygens (including phenoxy) is 6. The molecule has 5 heterocycles. The molecule has 1 N–H and O–H groups in total. The Hall–Kier alpha value is -5.41. The molecule has 1 aromatic rings. The lowest BCUT2D eigenvalue weighted by atomic mass is 9.55. The highest BCUT2D eigenvalue weighted by atomic mass is 16.5. The van der Waals surface area contributed by atoms with E-state index in [2.05, 4.69) is 18.8 Å². The van der Waals surface area contributed by atoms with Gasteiger partial charge in [0.05, 0.1) is 67.1 Å². The molecule has 0 saturated carbocycles. The second-order valence-corrected chi connectivity index (χ2v) is 19.0. The first-order valence-electron chi connectivity index (χ1n) is 22.3. The Bertz CT molecular complexity index is 2370. The highest BCUT2D eigenvalue weighted by molar-refractivity contribution is 6.21. The molecule has 16 heteroatoms. The number of allylic oxidation sites excluding steroid dienone is 2. The number of nitrogens with one attached hydrogen (secondary N) is 1. The molecule has 0 saturated heterocycles. The van der Waals surface area contributed by atoms with Crippen LogP contribution in [-0.4, -0.2) is 112 Å². The fourth-order valence-corrected chi connectivity index (χ4v) is 11.2. The van der Waals surface area contributed by atoms with E-state index in [1.54, 1.807) is 0 Å². The molecule has 0 amide bonds. The van der Waals surface area contributed by atoms with Crippen LogP contribution in [0.1, 0.15) is 117 Å². The van der Waals surface area contributed by atoms with Gasteiger partial charge in [-0.3, -0.25) is 43.7 Å². The Labute approximate surface area is 381 Å². The first-order valence-corrected chi connectivity index (χ1v) is 22.3. The van der Waals surface area contributed by atoms with Crippen molar-refractivity contribution in [1.29, 1.82) is 0 Å². The van der Waals surface area contributed by atoms with E-state index in [-0.39, 0.29) is 69.2 Å². The third-order valence-corrected chi connectivity index (χ3v) is 15.5. The zero-order chi connectivity index (χ0) is 48.4. The number of rotatable bonds is 16. The van der Waals surface area contributed by atoms with Crippen molar-refractivity contribution in [3.63, 3.8) is 0 Å². The molecule has 356 valence electrons. The molecule has 65 heavy (non-hydrogen) atoms. The van der Waals surface area contributed by atoms with Crippen LogP contribution >= 0.6 is 0 Å². The van der Waals surface area contributed by atoms with Crippen LogP contribution in [0.25, 0.3) is 11.6 Å². The molecule has 4 aliphatic heterocycles. The fraction of sp³-hybridized carbons (Fsp3) is 0.653. The van der Waals surface area contributed by atoms with Gasteiger partial charge in [-0.15, -0.1) is 0 Å². The monoisotopic (exact) mass is 904 g/mol. The third-order valence-electron chi connectivity index (χ3n) is 15.5. The van der Waals surface area contributed by atoms with E-state index in [1.165, 1.54) is 42.7 Å². The smallest absolute Gasteiger partial charge is 0.306 e. The van der Waals surface area contributed by atoms with Crippen LogP contribution in [0.15, 0.2) is 26.2 Å². The molecule has 0 fully saturated rings. The van der Waals surface area contributed by atoms with Crippen molar-refractivity contribution in [2.24, 2.45) is 49.0 Å².